The number of amides is 1. The van der Waals surface area contributed by atoms with Gasteiger partial charge in [-0.15, -0.1) is 23.5 Å². The molecule has 0 aliphatic carbocycles. The monoisotopic (exact) mass is 366 g/mol. The van der Waals surface area contributed by atoms with E-state index in [1.165, 1.54) is 17.1 Å². The van der Waals surface area contributed by atoms with Crippen LogP contribution in [0.4, 0.5) is 5.69 Å². The Balaban J connectivity index is 1.47. The number of nitrogens with one attached hydrogen (secondary N) is 1. The number of carbonyl (C=O) groups is 1. The standard InChI is InChI=1S/C20H18N2OS2/c23-19(15-6-8-18(9-7-15)22-10-1-2-11-22)21-17-5-3-4-16(14-17)20-24-12-13-25-20/h1-11,14,20H,12-13H2,(H,21,23). The Morgan fingerprint density at radius 1 is 0.960 bits per heavy atom. The Morgan fingerprint density at radius 2 is 1.68 bits per heavy atom. The second-order valence-electron chi connectivity index (χ2n) is 5.79. The third kappa shape index (κ3) is 3.78. The van der Waals surface area contributed by atoms with Gasteiger partial charge in [-0.25, -0.2) is 0 Å². The van der Waals surface area contributed by atoms with Gasteiger partial charge < -0.3 is 9.88 Å². The first-order chi connectivity index (χ1) is 12.3. The van der Waals surface area contributed by atoms with E-state index in [4.69, 9.17) is 0 Å². The molecule has 126 valence electrons. The molecule has 0 bridgehead atoms. The molecule has 3 aromatic rings. The minimum atomic E-state index is -0.0806. The summed E-state index contributed by atoms with van der Waals surface area (Å²) in [6, 6.07) is 19.8. The minimum Gasteiger partial charge on any atom is -0.324 e. The number of hydrogen-bond donors (Lipinski definition) is 1. The van der Waals surface area contributed by atoms with Crippen LogP contribution in [-0.2, 0) is 0 Å². The predicted molar refractivity (Wildman–Crippen MR) is 108 cm³/mol. The van der Waals surface area contributed by atoms with E-state index in [1.54, 1.807) is 0 Å². The van der Waals surface area contributed by atoms with Crippen molar-refractivity contribution in [3.8, 4) is 5.69 Å². The lowest BCUT2D eigenvalue weighted by molar-refractivity contribution is 0.102. The Kier molecular flexibility index (Phi) is 4.85. The van der Waals surface area contributed by atoms with Gasteiger partial charge in [-0.1, -0.05) is 12.1 Å². The molecule has 3 nitrogen and oxygen atoms in total. The van der Waals surface area contributed by atoms with Gasteiger partial charge in [-0.2, -0.15) is 0 Å². The van der Waals surface area contributed by atoms with Crippen molar-refractivity contribution in [2.24, 2.45) is 0 Å². The van der Waals surface area contributed by atoms with Crippen molar-refractivity contribution in [2.45, 2.75) is 4.58 Å². The van der Waals surface area contributed by atoms with Crippen LogP contribution in [0.1, 0.15) is 20.5 Å². The molecule has 25 heavy (non-hydrogen) atoms. The van der Waals surface area contributed by atoms with Gasteiger partial charge in [-0.3, -0.25) is 4.79 Å². The highest BCUT2D eigenvalue weighted by molar-refractivity contribution is 8.19. The third-order valence-corrected chi connectivity index (χ3v) is 7.17. The molecule has 1 N–H and O–H groups in total. The second kappa shape index (κ2) is 7.42. The van der Waals surface area contributed by atoms with Crippen LogP contribution < -0.4 is 5.32 Å². The number of aromatic nitrogens is 1. The molecule has 0 unspecified atom stereocenters. The van der Waals surface area contributed by atoms with Crippen molar-refractivity contribution in [2.75, 3.05) is 16.8 Å². The smallest absolute Gasteiger partial charge is 0.255 e. The lowest BCUT2D eigenvalue weighted by Gasteiger charge is -2.11. The summed E-state index contributed by atoms with van der Waals surface area (Å²) in [5.74, 6) is 2.31. The summed E-state index contributed by atoms with van der Waals surface area (Å²) in [5, 5.41) is 3.01. The van der Waals surface area contributed by atoms with Crippen LogP contribution in [0.2, 0.25) is 0 Å². The topological polar surface area (TPSA) is 34.0 Å². The van der Waals surface area contributed by atoms with Crippen LogP contribution >= 0.6 is 23.5 Å². The van der Waals surface area contributed by atoms with Crippen LogP contribution in [-0.4, -0.2) is 22.0 Å². The zero-order chi connectivity index (χ0) is 17.1. The highest BCUT2D eigenvalue weighted by Crippen LogP contribution is 2.45. The molecule has 2 aromatic carbocycles. The van der Waals surface area contributed by atoms with Gasteiger partial charge in [0.2, 0.25) is 0 Å². The van der Waals surface area contributed by atoms with Crippen molar-refractivity contribution in [1.29, 1.82) is 0 Å². The first-order valence-corrected chi connectivity index (χ1v) is 10.3. The largest absolute Gasteiger partial charge is 0.324 e. The van der Waals surface area contributed by atoms with E-state index in [9.17, 15) is 4.79 Å². The van der Waals surface area contributed by atoms with Crippen LogP contribution in [0, 0.1) is 0 Å². The minimum absolute atomic E-state index is 0.0806. The van der Waals surface area contributed by atoms with E-state index in [0.717, 1.165) is 11.4 Å². The van der Waals surface area contributed by atoms with Gasteiger partial charge in [0.05, 0.1) is 4.58 Å². The summed E-state index contributed by atoms with van der Waals surface area (Å²) in [5.41, 5.74) is 3.82. The molecule has 0 saturated carbocycles. The number of thioether (sulfide) groups is 2. The van der Waals surface area contributed by atoms with Crippen molar-refractivity contribution < 1.29 is 4.79 Å². The van der Waals surface area contributed by atoms with Gasteiger partial charge in [0.1, 0.15) is 0 Å². The summed E-state index contributed by atoms with van der Waals surface area (Å²) in [6.07, 6.45) is 3.97. The van der Waals surface area contributed by atoms with Gasteiger partial charge in [-0.05, 0) is 54.1 Å². The van der Waals surface area contributed by atoms with Crippen molar-refractivity contribution in [3.05, 3.63) is 84.2 Å². The zero-order valence-electron chi connectivity index (χ0n) is 13.6. The van der Waals surface area contributed by atoms with E-state index in [0.29, 0.717) is 10.1 Å². The van der Waals surface area contributed by atoms with Crippen LogP contribution in [0.25, 0.3) is 5.69 Å². The highest BCUT2D eigenvalue weighted by atomic mass is 32.2. The van der Waals surface area contributed by atoms with Crippen molar-refractivity contribution in [3.63, 3.8) is 0 Å². The number of nitrogens with zero attached hydrogens (tertiary/aromatic N) is 1. The van der Waals surface area contributed by atoms with E-state index in [2.05, 4.69) is 17.4 Å². The maximum atomic E-state index is 12.5. The lowest BCUT2D eigenvalue weighted by atomic mass is 10.1. The fourth-order valence-corrected chi connectivity index (χ4v) is 5.65. The normalized spacial score (nSPS) is 14.6. The number of hydrogen-bond acceptors (Lipinski definition) is 3. The van der Waals surface area contributed by atoms with Crippen LogP contribution in [0.3, 0.4) is 0 Å². The Labute approximate surface area is 155 Å². The number of anilines is 1. The molecule has 1 fully saturated rings. The second-order valence-corrected chi connectivity index (χ2v) is 8.51. The average Bonchev–Trinajstić information content (AvgIpc) is 3.36. The van der Waals surface area contributed by atoms with E-state index in [-0.39, 0.29) is 5.91 Å². The first kappa shape index (κ1) is 16.4. The van der Waals surface area contributed by atoms with Crippen LogP contribution in [0.15, 0.2) is 73.1 Å². The van der Waals surface area contributed by atoms with Crippen LogP contribution in [0.5, 0.6) is 0 Å². The fraction of sp³-hybridized carbons (Fsp3) is 0.150. The molecule has 5 heteroatoms. The zero-order valence-corrected chi connectivity index (χ0v) is 15.2. The van der Waals surface area contributed by atoms with Crippen molar-refractivity contribution in [1.82, 2.24) is 4.57 Å². The lowest BCUT2D eigenvalue weighted by Crippen LogP contribution is -2.12. The number of rotatable bonds is 4. The Bertz CT molecular complexity index is 854. The predicted octanol–water partition coefficient (Wildman–Crippen LogP) is 5.21. The third-order valence-electron chi connectivity index (χ3n) is 4.07. The van der Waals surface area contributed by atoms with E-state index in [1.807, 2.05) is 89.0 Å². The number of benzene rings is 2. The molecular weight excluding hydrogens is 348 g/mol. The summed E-state index contributed by atoms with van der Waals surface area (Å²) in [4.78, 5) is 12.5. The fourth-order valence-electron chi connectivity index (χ4n) is 2.81. The molecule has 1 aliphatic heterocycles. The first-order valence-electron chi connectivity index (χ1n) is 8.17. The van der Waals surface area contributed by atoms with Gasteiger partial charge in [0.15, 0.2) is 0 Å². The molecule has 1 amide bonds. The molecule has 1 aromatic heterocycles. The molecule has 0 radical (unpaired) electrons. The van der Waals surface area contributed by atoms with Gasteiger partial charge in [0.25, 0.3) is 5.91 Å². The van der Waals surface area contributed by atoms with Gasteiger partial charge >= 0.3 is 0 Å². The summed E-state index contributed by atoms with van der Waals surface area (Å²) in [6.45, 7) is 0. The summed E-state index contributed by atoms with van der Waals surface area (Å²) in [7, 11) is 0. The maximum absolute atomic E-state index is 12.5. The quantitative estimate of drug-likeness (QED) is 0.688. The van der Waals surface area contributed by atoms with E-state index >= 15 is 0 Å². The van der Waals surface area contributed by atoms with Gasteiger partial charge in [0, 0.05) is 40.8 Å². The molecule has 2 heterocycles. The average molecular weight is 367 g/mol. The highest BCUT2D eigenvalue weighted by Gasteiger charge is 2.18. The summed E-state index contributed by atoms with van der Waals surface area (Å²) >= 11 is 3.94. The SMILES string of the molecule is O=C(Nc1cccc(C2SCCS2)c1)c1ccc(-n2cccc2)cc1. The molecule has 0 spiro atoms. The molecular formula is C20H18N2OS2. The molecule has 4 rings (SSSR count). The molecule has 1 saturated heterocycles. The Morgan fingerprint density at radius 3 is 2.40 bits per heavy atom. The Hall–Kier alpha value is -2.11. The van der Waals surface area contributed by atoms with Crippen molar-refractivity contribution >= 4 is 35.1 Å². The van der Waals surface area contributed by atoms with E-state index < -0.39 is 0 Å². The molecule has 0 atom stereocenters. The maximum Gasteiger partial charge on any atom is 0.255 e. The summed E-state index contributed by atoms with van der Waals surface area (Å²) < 4.78 is 2.50. The number of carbonyl (C=O) groups excluding carboxylic acids is 1. The molecule has 1 aliphatic rings.